The third kappa shape index (κ3) is 6.05. The first-order chi connectivity index (χ1) is 11.9. The normalized spacial score (nSPS) is 10.3. The largest absolute Gasteiger partial charge is 0.330 e. The van der Waals surface area contributed by atoms with Crippen LogP contribution in [0, 0.1) is 5.82 Å². The van der Waals surface area contributed by atoms with Crippen LogP contribution < -0.4 is 11.1 Å². The van der Waals surface area contributed by atoms with E-state index in [1.807, 2.05) is 13.8 Å². The maximum absolute atomic E-state index is 12.9. The van der Waals surface area contributed by atoms with Crippen LogP contribution in [0.3, 0.4) is 0 Å². The van der Waals surface area contributed by atoms with Gasteiger partial charge in [-0.3, -0.25) is 9.59 Å². The van der Waals surface area contributed by atoms with Gasteiger partial charge in [0.05, 0.1) is 5.01 Å². The predicted molar refractivity (Wildman–Crippen MR) is 103 cm³/mol. The number of carbonyl (C=O) groups is 2. The van der Waals surface area contributed by atoms with Gasteiger partial charge in [0, 0.05) is 23.5 Å². The second-order valence-corrected chi connectivity index (χ2v) is 6.69. The van der Waals surface area contributed by atoms with E-state index in [2.05, 4.69) is 10.3 Å². The van der Waals surface area contributed by atoms with Crippen molar-refractivity contribution >= 4 is 41.2 Å². The van der Waals surface area contributed by atoms with Crippen molar-refractivity contribution in [1.82, 2.24) is 9.88 Å². The van der Waals surface area contributed by atoms with E-state index in [1.165, 1.54) is 40.5 Å². The zero-order chi connectivity index (χ0) is 18.4. The molecule has 0 aliphatic rings. The molecule has 1 aromatic heterocycles. The SMILES string of the molecule is CC(C)N(CC(=O)Nc1ccc(F)cc1)C(=O)c1csc(CCN)n1.Cl. The van der Waals surface area contributed by atoms with Crippen LogP contribution in [-0.4, -0.2) is 40.8 Å². The number of anilines is 1. The van der Waals surface area contributed by atoms with Crippen molar-refractivity contribution in [2.45, 2.75) is 26.3 Å². The summed E-state index contributed by atoms with van der Waals surface area (Å²) in [5.74, 6) is -1.04. The van der Waals surface area contributed by atoms with Gasteiger partial charge in [-0.05, 0) is 44.7 Å². The van der Waals surface area contributed by atoms with E-state index in [4.69, 9.17) is 5.73 Å². The topological polar surface area (TPSA) is 88.3 Å². The van der Waals surface area contributed by atoms with Crippen LogP contribution in [0.25, 0.3) is 0 Å². The number of aromatic nitrogens is 1. The number of nitrogens with two attached hydrogens (primary N) is 1. The monoisotopic (exact) mass is 400 g/mol. The Balaban J connectivity index is 0.00000338. The molecule has 1 aromatic carbocycles. The molecule has 0 saturated heterocycles. The second-order valence-electron chi connectivity index (χ2n) is 5.75. The summed E-state index contributed by atoms with van der Waals surface area (Å²) in [6.07, 6.45) is 0.616. The summed E-state index contributed by atoms with van der Waals surface area (Å²) in [6.45, 7) is 4.01. The fraction of sp³-hybridized carbons (Fsp3) is 0.353. The van der Waals surface area contributed by atoms with Gasteiger partial charge < -0.3 is 16.0 Å². The van der Waals surface area contributed by atoms with Gasteiger partial charge in [-0.25, -0.2) is 9.37 Å². The van der Waals surface area contributed by atoms with Crippen molar-refractivity contribution in [1.29, 1.82) is 0 Å². The van der Waals surface area contributed by atoms with Crippen LogP contribution in [0.2, 0.25) is 0 Å². The zero-order valence-corrected chi connectivity index (χ0v) is 16.2. The maximum Gasteiger partial charge on any atom is 0.274 e. The van der Waals surface area contributed by atoms with Crippen molar-refractivity contribution in [3.63, 3.8) is 0 Å². The molecule has 0 aliphatic heterocycles. The van der Waals surface area contributed by atoms with E-state index in [0.29, 0.717) is 24.3 Å². The Morgan fingerprint density at radius 2 is 1.96 bits per heavy atom. The molecule has 0 atom stereocenters. The molecule has 0 radical (unpaired) electrons. The Morgan fingerprint density at radius 1 is 1.31 bits per heavy atom. The molecule has 26 heavy (non-hydrogen) atoms. The predicted octanol–water partition coefficient (Wildman–Crippen LogP) is 2.69. The molecule has 2 rings (SSSR count). The van der Waals surface area contributed by atoms with Crippen molar-refractivity contribution in [2.75, 3.05) is 18.4 Å². The molecular weight excluding hydrogens is 379 g/mol. The Morgan fingerprint density at radius 3 is 2.54 bits per heavy atom. The van der Waals surface area contributed by atoms with Gasteiger partial charge in [0.25, 0.3) is 5.91 Å². The maximum atomic E-state index is 12.9. The van der Waals surface area contributed by atoms with Crippen LogP contribution in [0.15, 0.2) is 29.6 Å². The Labute approximate surface area is 162 Å². The van der Waals surface area contributed by atoms with Gasteiger partial charge in [-0.1, -0.05) is 0 Å². The van der Waals surface area contributed by atoms with Gasteiger partial charge in [0.15, 0.2) is 0 Å². The Bertz CT molecular complexity index is 737. The van der Waals surface area contributed by atoms with E-state index < -0.39 is 0 Å². The Hall–Kier alpha value is -2.03. The van der Waals surface area contributed by atoms with Crippen molar-refractivity contribution in [3.8, 4) is 0 Å². The zero-order valence-electron chi connectivity index (χ0n) is 14.6. The third-order valence-electron chi connectivity index (χ3n) is 3.46. The first-order valence-corrected chi connectivity index (χ1v) is 8.79. The van der Waals surface area contributed by atoms with E-state index in [0.717, 1.165) is 5.01 Å². The number of hydrogen-bond acceptors (Lipinski definition) is 5. The fourth-order valence-corrected chi connectivity index (χ4v) is 2.96. The number of rotatable bonds is 7. The summed E-state index contributed by atoms with van der Waals surface area (Å²) < 4.78 is 12.9. The minimum atomic E-state index is -0.381. The van der Waals surface area contributed by atoms with Crippen LogP contribution in [0.1, 0.15) is 29.3 Å². The van der Waals surface area contributed by atoms with E-state index in [1.54, 1.807) is 5.38 Å². The van der Waals surface area contributed by atoms with Gasteiger partial charge in [0.1, 0.15) is 18.1 Å². The summed E-state index contributed by atoms with van der Waals surface area (Å²) >= 11 is 1.38. The van der Waals surface area contributed by atoms with Crippen LogP contribution in [-0.2, 0) is 11.2 Å². The molecule has 0 bridgehead atoms. The average molecular weight is 401 g/mol. The van der Waals surface area contributed by atoms with Gasteiger partial charge >= 0.3 is 0 Å². The van der Waals surface area contributed by atoms with Crippen LogP contribution >= 0.6 is 23.7 Å². The summed E-state index contributed by atoms with van der Waals surface area (Å²) in [6, 6.07) is 5.28. The molecule has 0 saturated carbocycles. The lowest BCUT2D eigenvalue weighted by atomic mass is 10.2. The molecule has 142 valence electrons. The minimum absolute atomic E-state index is 0. The van der Waals surface area contributed by atoms with Crippen molar-refractivity contribution < 1.29 is 14.0 Å². The van der Waals surface area contributed by atoms with Gasteiger partial charge in [0.2, 0.25) is 5.91 Å². The number of thiazole rings is 1. The highest BCUT2D eigenvalue weighted by Crippen LogP contribution is 2.14. The summed E-state index contributed by atoms with van der Waals surface area (Å²) in [7, 11) is 0. The lowest BCUT2D eigenvalue weighted by molar-refractivity contribution is -0.117. The lowest BCUT2D eigenvalue weighted by Gasteiger charge is -2.25. The van der Waals surface area contributed by atoms with E-state index >= 15 is 0 Å². The molecule has 6 nitrogen and oxygen atoms in total. The molecule has 0 spiro atoms. The molecule has 3 N–H and O–H groups in total. The third-order valence-corrected chi connectivity index (χ3v) is 4.36. The number of carbonyl (C=O) groups excluding carboxylic acids is 2. The first-order valence-electron chi connectivity index (χ1n) is 7.91. The number of nitrogens with one attached hydrogen (secondary N) is 1. The van der Waals surface area contributed by atoms with E-state index in [-0.39, 0.29) is 42.6 Å². The highest BCUT2D eigenvalue weighted by atomic mass is 35.5. The molecule has 2 aromatic rings. The molecule has 9 heteroatoms. The lowest BCUT2D eigenvalue weighted by Crippen LogP contribution is -2.42. The number of nitrogens with zero attached hydrogens (tertiary/aromatic N) is 2. The average Bonchev–Trinajstić information content (AvgIpc) is 3.03. The fourth-order valence-electron chi connectivity index (χ4n) is 2.17. The smallest absolute Gasteiger partial charge is 0.274 e. The van der Waals surface area contributed by atoms with Crippen LogP contribution in [0.4, 0.5) is 10.1 Å². The molecular formula is C17H22ClFN4O2S. The van der Waals surface area contributed by atoms with Crippen molar-refractivity contribution in [3.05, 3.63) is 46.2 Å². The van der Waals surface area contributed by atoms with Gasteiger partial charge in [-0.2, -0.15) is 0 Å². The van der Waals surface area contributed by atoms with Crippen molar-refractivity contribution in [2.24, 2.45) is 5.73 Å². The first kappa shape index (κ1) is 22.0. The number of benzene rings is 1. The summed E-state index contributed by atoms with van der Waals surface area (Å²) in [5.41, 5.74) is 6.29. The highest BCUT2D eigenvalue weighted by molar-refractivity contribution is 7.09. The summed E-state index contributed by atoms with van der Waals surface area (Å²) in [5, 5.41) is 5.13. The second kappa shape index (κ2) is 10.2. The number of amides is 2. The highest BCUT2D eigenvalue weighted by Gasteiger charge is 2.23. The summed E-state index contributed by atoms with van der Waals surface area (Å²) in [4.78, 5) is 30.6. The van der Waals surface area contributed by atoms with E-state index in [9.17, 15) is 14.0 Å². The number of halogens is 2. The van der Waals surface area contributed by atoms with Gasteiger partial charge in [-0.15, -0.1) is 23.7 Å². The molecule has 0 fully saturated rings. The molecule has 0 aliphatic carbocycles. The Kier molecular flexibility index (Phi) is 8.64. The van der Waals surface area contributed by atoms with Crippen LogP contribution in [0.5, 0.6) is 0 Å². The molecule has 1 heterocycles. The number of hydrogen-bond donors (Lipinski definition) is 2. The minimum Gasteiger partial charge on any atom is -0.330 e. The molecule has 2 amide bonds. The standard InChI is InChI=1S/C17H21FN4O2S.ClH/c1-11(2)22(17(24)14-10-25-16(21-14)7-8-19)9-15(23)20-13-5-3-12(18)4-6-13;/h3-6,10-11H,7-9,19H2,1-2H3,(H,20,23);1H. The molecule has 0 unspecified atom stereocenters. The quantitative estimate of drug-likeness (QED) is 0.747.